The molecule has 0 saturated carbocycles. The Morgan fingerprint density at radius 3 is 2.85 bits per heavy atom. The smallest absolute Gasteiger partial charge is 0.315 e. The van der Waals surface area contributed by atoms with Crippen LogP contribution in [0, 0.1) is 10.1 Å². The number of aliphatic carboxylic acids is 1. The molecule has 0 radical (unpaired) electrons. The Morgan fingerprint density at radius 2 is 2.15 bits per heavy atom. The van der Waals surface area contributed by atoms with E-state index >= 15 is 0 Å². The van der Waals surface area contributed by atoms with Gasteiger partial charge in [0.25, 0.3) is 5.91 Å². The molecule has 0 spiro atoms. The molecule has 0 aromatic carbocycles. The van der Waals surface area contributed by atoms with Gasteiger partial charge in [-0.25, -0.2) is 0 Å². The zero-order valence-electron chi connectivity index (χ0n) is 13.6. The first-order valence-corrected chi connectivity index (χ1v) is 9.79. The Bertz CT molecular complexity index is 961. The first-order chi connectivity index (χ1) is 12.9. The first kappa shape index (κ1) is 19.3. The van der Waals surface area contributed by atoms with E-state index in [1.807, 2.05) is 0 Å². The average molecular weight is 424 g/mol. The molecule has 1 saturated heterocycles. The predicted molar refractivity (Wildman–Crippen MR) is 105 cm³/mol. The van der Waals surface area contributed by atoms with Gasteiger partial charge in [-0.05, 0) is 28.8 Å². The quantitative estimate of drug-likeness (QED) is 0.307. The van der Waals surface area contributed by atoms with Crippen LogP contribution in [0.15, 0.2) is 32.6 Å². The third-order valence-electron chi connectivity index (χ3n) is 3.75. The molecule has 1 aliphatic rings. The van der Waals surface area contributed by atoms with Crippen LogP contribution in [0.4, 0.5) is 5.69 Å². The lowest BCUT2D eigenvalue weighted by molar-refractivity contribution is -0.384. The normalized spacial score (nSPS) is 15.7. The van der Waals surface area contributed by atoms with E-state index in [9.17, 15) is 19.7 Å². The van der Waals surface area contributed by atoms with E-state index in [0.29, 0.717) is 32.3 Å². The van der Waals surface area contributed by atoms with Crippen molar-refractivity contribution in [3.8, 4) is 11.1 Å². The van der Waals surface area contributed by atoms with E-state index in [1.54, 1.807) is 16.8 Å². The fourth-order valence-electron chi connectivity index (χ4n) is 2.49. The number of carbonyl (C=O) groups is 2. The van der Waals surface area contributed by atoms with E-state index in [0.717, 1.165) is 18.0 Å². The lowest BCUT2D eigenvalue weighted by atomic mass is 10.1. The second-order valence-electron chi connectivity index (χ2n) is 5.50. The van der Waals surface area contributed by atoms with E-state index in [2.05, 4.69) is 0 Å². The molecule has 3 heterocycles. The van der Waals surface area contributed by atoms with Crippen molar-refractivity contribution in [3.63, 3.8) is 0 Å². The number of furan rings is 1. The van der Waals surface area contributed by atoms with Crippen LogP contribution in [0.25, 0.3) is 17.2 Å². The number of amides is 1. The largest absolute Gasteiger partial charge is 0.481 e. The second-order valence-corrected chi connectivity index (χ2v) is 7.92. The predicted octanol–water partition coefficient (Wildman–Crippen LogP) is 3.98. The fourth-order valence-corrected chi connectivity index (χ4v) is 4.60. The van der Waals surface area contributed by atoms with Crippen LogP contribution in [0.5, 0.6) is 0 Å². The average Bonchev–Trinajstić information content (AvgIpc) is 3.30. The molecular formula is C16H12N2O6S3. The summed E-state index contributed by atoms with van der Waals surface area (Å²) < 4.78 is 5.33. The molecule has 2 aromatic rings. The minimum atomic E-state index is -0.930. The van der Waals surface area contributed by atoms with Crippen LogP contribution >= 0.6 is 35.3 Å². The number of thiocarbonyl (C=S) groups is 1. The molecule has 8 nitrogen and oxygen atoms in total. The van der Waals surface area contributed by atoms with Crippen molar-refractivity contribution in [2.45, 2.75) is 12.8 Å². The molecule has 3 rings (SSSR count). The van der Waals surface area contributed by atoms with Gasteiger partial charge in [0.15, 0.2) is 6.26 Å². The summed E-state index contributed by atoms with van der Waals surface area (Å²) in [5.41, 5.74) is 1.43. The number of hydrogen-bond donors (Lipinski definition) is 1. The molecule has 1 fully saturated rings. The van der Waals surface area contributed by atoms with Crippen LogP contribution in [0.1, 0.15) is 18.4 Å². The minimum absolute atomic E-state index is 0.0467. The summed E-state index contributed by atoms with van der Waals surface area (Å²) in [6, 6.07) is 0. The lowest BCUT2D eigenvalue weighted by Gasteiger charge is -2.13. The van der Waals surface area contributed by atoms with Gasteiger partial charge < -0.3 is 9.52 Å². The molecule has 2 aromatic heterocycles. The summed E-state index contributed by atoms with van der Waals surface area (Å²) in [6.07, 6.45) is 4.27. The van der Waals surface area contributed by atoms with Crippen LogP contribution in [-0.4, -0.2) is 37.7 Å². The molecule has 0 aliphatic carbocycles. The third kappa shape index (κ3) is 4.10. The number of carbonyl (C=O) groups excluding carboxylic acids is 1. The molecule has 11 heteroatoms. The highest BCUT2D eigenvalue weighted by Gasteiger charge is 2.32. The summed E-state index contributed by atoms with van der Waals surface area (Å²) in [4.78, 5) is 35.6. The van der Waals surface area contributed by atoms with Gasteiger partial charge in [-0.3, -0.25) is 24.6 Å². The highest BCUT2D eigenvalue weighted by atomic mass is 32.2. The van der Waals surface area contributed by atoms with Crippen LogP contribution in [0.3, 0.4) is 0 Å². The van der Waals surface area contributed by atoms with Gasteiger partial charge in [0.2, 0.25) is 0 Å². The summed E-state index contributed by atoms with van der Waals surface area (Å²) in [7, 11) is 0. The zero-order chi connectivity index (χ0) is 19.6. The number of thioether (sulfide) groups is 1. The number of nitro groups is 1. The molecule has 1 amide bonds. The fraction of sp³-hybridized carbons (Fsp3) is 0.188. The van der Waals surface area contributed by atoms with Crippen molar-refractivity contribution in [1.29, 1.82) is 0 Å². The molecule has 0 bridgehead atoms. The number of hydrogen-bond acceptors (Lipinski definition) is 8. The molecule has 0 unspecified atom stereocenters. The van der Waals surface area contributed by atoms with Gasteiger partial charge in [-0.15, -0.1) is 0 Å². The number of nitrogens with zero attached hydrogens (tertiary/aromatic N) is 2. The molecule has 1 N–H and O–H groups in total. The summed E-state index contributed by atoms with van der Waals surface area (Å²) in [5.74, 6) is -1.23. The Kier molecular flexibility index (Phi) is 5.73. The van der Waals surface area contributed by atoms with Crippen molar-refractivity contribution in [2.24, 2.45) is 0 Å². The maximum absolute atomic E-state index is 12.6. The van der Waals surface area contributed by atoms with Crippen LogP contribution < -0.4 is 0 Å². The first-order valence-electron chi connectivity index (χ1n) is 7.62. The summed E-state index contributed by atoms with van der Waals surface area (Å²) in [5, 5.41) is 23.4. The summed E-state index contributed by atoms with van der Waals surface area (Å²) in [6.45, 7) is 0.234. The van der Waals surface area contributed by atoms with E-state index in [1.165, 1.54) is 22.5 Å². The van der Waals surface area contributed by atoms with Crippen molar-refractivity contribution < 1.29 is 24.0 Å². The monoisotopic (exact) mass is 424 g/mol. The van der Waals surface area contributed by atoms with Crippen molar-refractivity contribution >= 4 is 63.3 Å². The van der Waals surface area contributed by atoms with Crippen LogP contribution in [0.2, 0.25) is 0 Å². The molecule has 0 atom stereocenters. The van der Waals surface area contributed by atoms with Crippen molar-refractivity contribution in [2.75, 3.05) is 6.54 Å². The Morgan fingerprint density at radius 1 is 1.37 bits per heavy atom. The Hall–Kier alpha value is -2.50. The molecule has 140 valence electrons. The van der Waals surface area contributed by atoms with E-state index in [-0.39, 0.29) is 24.6 Å². The molecule has 27 heavy (non-hydrogen) atoms. The Balaban J connectivity index is 1.84. The van der Waals surface area contributed by atoms with Gasteiger partial charge >= 0.3 is 11.7 Å². The standard InChI is InChI=1S/C16H12N2O6S3/c19-14(20)2-1-3-17-15(21)13(27-16(17)25)4-9-7-26-8-11(9)10-5-24-6-12(10)18(22)23/h4-8H,1-3H2,(H,19,20)/b13-4-. The third-order valence-corrected chi connectivity index (χ3v) is 5.89. The summed E-state index contributed by atoms with van der Waals surface area (Å²) >= 11 is 7.69. The van der Waals surface area contributed by atoms with E-state index in [4.69, 9.17) is 21.7 Å². The van der Waals surface area contributed by atoms with Crippen molar-refractivity contribution in [3.05, 3.63) is 43.9 Å². The number of rotatable bonds is 7. The highest BCUT2D eigenvalue weighted by molar-refractivity contribution is 8.26. The second kappa shape index (κ2) is 8.03. The maximum Gasteiger partial charge on any atom is 0.315 e. The van der Waals surface area contributed by atoms with E-state index < -0.39 is 10.9 Å². The number of carboxylic acids is 1. The Labute approximate surface area is 166 Å². The topological polar surface area (TPSA) is 114 Å². The SMILES string of the molecule is O=C(O)CCCN1C(=O)/C(=C/c2cscc2-c2cocc2[N+](=O)[O-])SC1=S. The van der Waals surface area contributed by atoms with Gasteiger partial charge in [0, 0.05) is 18.5 Å². The van der Waals surface area contributed by atoms with Crippen molar-refractivity contribution in [1.82, 2.24) is 4.90 Å². The molecular weight excluding hydrogens is 412 g/mol. The van der Waals surface area contributed by atoms with Gasteiger partial charge in [0.05, 0.1) is 15.4 Å². The maximum atomic E-state index is 12.6. The molecule has 1 aliphatic heterocycles. The number of carboxylic acid groups (broad SMARTS) is 1. The van der Waals surface area contributed by atoms with Gasteiger partial charge in [-0.2, -0.15) is 11.3 Å². The van der Waals surface area contributed by atoms with Gasteiger partial charge in [0.1, 0.15) is 10.6 Å². The number of thiophene rings is 1. The highest BCUT2D eigenvalue weighted by Crippen LogP contribution is 2.39. The zero-order valence-corrected chi connectivity index (χ0v) is 16.1. The van der Waals surface area contributed by atoms with Crippen LogP contribution in [-0.2, 0) is 9.59 Å². The minimum Gasteiger partial charge on any atom is -0.481 e. The lowest BCUT2D eigenvalue weighted by Crippen LogP contribution is -2.29. The van der Waals surface area contributed by atoms with Gasteiger partial charge in [-0.1, -0.05) is 24.0 Å².